The fourth-order valence-electron chi connectivity index (χ4n) is 2.60. The first-order valence-corrected chi connectivity index (χ1v) is 9.90. The first-order valence-electron chi connectivity index (χ1n) is 9.02. The summed E-state index contributed by atoms with van der Waals surface area (Å²) in [5.74, 6) is 1.23. The highest BCUT2D eigenvalue weighted by Crippen LogP contribution is 2.18. The van der Waals surface area contributed by atoms with Gasteiger partial charge < -0.3 is 10.1 Å². The Kier molecular flexibility index (Phi) is 6.24. The molecule has 0 unspecified atom stereocenters. The van der Waals surface area contributed by atoms with Crippen molar-refractivity contribution in [3.05, 3.63) is 75.7 Å². The SMILES string of the molecule is Cc1ccc(OCc2nc(CC(=O)Nc3ccc(C(C)C)cc3)cs2)cc1. The summed E-state index contributed by atoms with van der Waals surface area (Å²) >= 11 is 1.51. The Morgan fingerprint density at radius 1 is 1.11 bits per heavy atom. The van der Waals surface area contributed by atoms with Crippen molar-refractivity contribution in [2.45, 2.75) is 39.7 Å². The average Bonchev–Trinajstić information content (AvgIpc) is 3.09. The number of rotatable bonds is 7. The Morgan fingerprint density at radius 2 is 1.81 bits per heavy atom. The van der Waals surface area contributed by atoms with Crippen molar-refractivity contribution in [3.8, 4) is 5.75 Å². The number of thiazole rings is 1. The number of ether oxygens (including phenoxy) is 1. The molecule has 0 atom stereocenters. The lowest BCUT2D eigenvalue weighted by atomic mass is 10.0. The lowest BCUT2D eigenvalue weighted by Gasteiger charge is -2.08. The molecule has 27 heavy (non-hydrogen) atoms. The van der Waals surface area contributed by atoms with Gasteiger partial charge in [-0.3, -0.25) is 4.79 Å². The van der Waals surface area contributed by atoms with E-state index in [2.05, 4.69) is 24.1 Å². The van der Waals surface area contributed by atoms with Crippen LogP contribution in [0.15, 0.2) is 53.9 Å². The standard InChI is InChI=1S/C22H24N2O2S/c1-15(2)17-6-8-18(9-7-17)23-21(25)12-19-14-27-22(24-19)13-26-20-10-4-16(3)5-11-20/h4-11,14-15H,12-13H2,1-3H3,(H,23,25). The number of carbonyl (C=O) groups is 1. The number of nitrogens with zero attached hydrogens (tertiary/aromatic N) is 1. The average molecular weight is 381 g/mol. The summed E-state index contributed by atoms with van der Waals surface area (Å²) in [5, 5.41) is 5.70. The van der Waals surface area contributed by atoms with Gasteiger partial charge in [-0.25, -0.2) is 4.98 Å². The van der Waals surface area contributed by atoms with Gasteiger partial charge in [0.15, 0.2) is 0 Å². The molecule has 0 fully saturated rings. The number of nitrogens with one attached hydrogen (secondary N) is 1. The van der Waals surface area contributed by atoms with Crippen LogP contribution in [0.2, 0.25) is 0 Å². The molecule has 0 radical (unpaired) electrons. The van der Waals surface area contributed by atoms with Crippen LogP contribution in [0.25, 0.3) is 0 Å². The number of hydrogen-bond donors (Lipinski definition) is 1. The molecule has 2 aromatic carbocycles. The topological polar surface area (TPSA) is 51.2 Å². The number of hydrogen-bond acceptors (Lipinski definition) is 4. The van der Waals surface area contributed by atoms with Gasteiger partial charge in [-0.05, 0) is 42.7 Å². The zero-order chi connectivity index (χ0) is 19.2. The molecule has 0 aliphatic carbocycles. The lowest BCUT2D eigenvalue weighted by molar-refractivity contribution is -0.115. The Bertz CT molecular complexity index is 883. The minimum Gasteiger partial charge on any atom is -0.486 e. The summed E-state index contributed by atoms with van der Waals surface area (Å²) in [6, 6.07) is 15.9. The fourth-order valence-corrected chi connectivity index (χ4v) is 3.30. The molecule has 1 aromatic heterocycles. The molecular weight excluding hydrogens is 356 g/mol. The highest BCUT2D eigenvalue weighted by molar-refractivity contribution is 7.09. The minimum absolute atomic E-state index is 0.0661. The number of aryl methyl sites for hydroxylation is 1. The second-order valence-corrected chi connectivity index (χ2v) is 7.78. The first kappa shape index (κ1) is 19.1. The second kappa shape index (κ2) is 8.82. The minimum atomic E-state index is -0.0661. The third-order valence-corrected chi connectivity index (χ3v) is 5.06. The predicted molar refractivity (Wildman–Crippen MR) is 110 cm³/mol. The van der Waals surface area contributed by atoms with Gasteiger partial charge in [0.25, 0.3) is 0 Å². The molecule has 3 rings (SSSR count). The van der Waals surface area contributed by atoms with Gasteiger partial charge in [0.1, 0.15) is 17.4 Å². The van der Waals surface area contributed by atoms with E-state index in [4.69, 9.17) is 4.74 Å². The van der Waals surface area contributed by atoms with Crippen molar-refractivity contribution in [1.29, 1.82) is 0 Å². The molecule has 0 saturated heterocycles. The number of amides is 1. The summed E-state index contributed by atoms with van der Waals surface area (Å²) in [5.41, 5.74) is 4.02. The zero-order valence-electron chi connectivity index (χ0n) is 15.9. The summed E-state index contributed by atoms with van der Waals surface area (Å²) in [7, 11) is 0. The van der Waals surface area contributed by atoms with Gasteiger partial charge in [0, 0.05) is 11.1 Å². The van der Waals surface area contributed by atoms with Crippen LogP contribution >= 0.6 is 11.3 Å². The third-order valence-electron chi connectivity index (χ3n) is 4.19. The highest BCUT2D eigenvalue weighted by Gasteiger charge is 2.09. The summed E-state index contributed by atoms with van der Waals surface area (Å²) in [6.07, 6.45) is 0.257. The van der Waals surface area contributed by atoms with Gasteiger partial charge in [-0.15, -0.1) is 11.3 Å². The van der Waals surface area contributed by atoms with Crippen LogP contribution in [0.5, 0.6) is 5.75 Å². The van der Waals surface area contributed by atoms with Crippen LogP contribution < -0.4 is 10.1 Å². The van der Waals surface area contributed by atoms with Crippen LogP contribution in [-0.2, 0) is 17.8 Å². The van der Waals surface area contributed by atoms with Crippen LogP contribution in [0, 0.1) is 6.92 Å². The van der Waals surface area contributed by atoms with Crippen LogP contribution in [0.1, 0.15) is 41.6 Å². The normalized spacial score (nSPS) is 10.8. The highest BCUT2D eigenvalue weighted by atomic mass is 32.1. The van der Waals surface area contributed by atoms with E-state index in [-0.39, 0.29) is 12.3 Å². The van der Waals surface area contributed by atoms with E-state index in [1.54, 1.807) is 0 Å². The molecule has 0 bridgehead atoms. The van der Waals surface area contributed by atoms with Crippen LogP contribution in [0.3, 0.4) is 0 Å². The summed E-state index contributed by atoms with van der Waals surface area (Å²) < 4.78 is 5.74. The van der Waals surface area contributed by atoms with E-state index in [0.29, 0.717) is 12.5 Å². The van der Waals surface area contributed by atoms with E-state index in [1.165, 1.54) is 22.5 Å². The Hall–Kier alpha value is -2.66. The molecule has 0 aliphatic heterocycles. The van der Waals surface area contributed by atoms with Crippen molar-refractivity contribution in [2.75, 3.05) is 5.32 Å². The third kappa shape index (κ3) is 5.66. The molecule has 1 heterocycles. The van der Waals surface area contributed by atoms with Gasteiger partial charge >= 0.3 is 0 Å². The molecule has 0 spiro atoms. The maximum Gasteiger partial charge on any atom is 0.230 e. The van der Waals surface area contributed by atoms with Gasteiger partial charge in [0.05, 0.1) is 12.1 Å². The van der Waals surface area contributed by atoms with E-state index in [9.17, 15) is 4.79 Å². The lowest BCUT2D eigenvalue weighted by Crippen LogP contribution is -2.14. The molecule has 5 heteroatoms. The number of carbonyl (C=O) groups excluding carboxylic acids is 1. The Labute approximate surface area is 164 Å². The van der Waals surface area contributed by atoms with Crippen molar-refractivity contribution in [3.63, 3.8) is 0 Å². The Balaban J connectivity index is 1.50. The first-order chi connectivity index (χ1) is 13.0. The molecule has 4 nitrogen and oxygen atoms in total. The maximum atomic E-state index is 12.2. The maximum absolute atomic E-state index is 12.2. The van der Waals surface area contributed by atoms with E-state index >= 15 is 0 Å². The van der Waals surface area contributed by atoms with Crippen molar-refractivity contribution < 1.29 is 9.53 Å². The van der Waals surface area contributed by atoms with Crippen LogP contribution in [-0.4, -0.2) is 10.9 Å². The quantitative estimate of drug-likeness (QED) is 0.602. The number of anilines is 1. The zero-order valence-corrected chi connectivity index (χ0v) is 16.7. The van der Waals surface area contributed by atoms with E-state index in [0.717, 1.165) is 22.1 Å². The summed E-state index contributed by atoms with van der Waals surface area (Å²) in [6.45, 7) is 6.75. The second-order valence-electron chi connectivity index (χ2n) is 6.84. The summed E-state index contributed by atoms with van der Waals surface area (Å²) in [4.78, 5) is 16.7. The van der Waals surface area contributed by atoms with Gasteiger partial charge in [-0.2, -0.15) is 0 Å². The monoisotopic (exact) mass is 380 g/mol. The van der Waals surface area contributed by atoms with Crippen LogP contribution in [0.4, 0.5) is 5.69 Å². The largest absolute Gasteiger partial charge is 0.486 e. The molecule has 140 valence electrons. The predicted octanol–water partition coefficient (Wildman–Crippen LogP) is 5.34. The molecule has 0 aliphatic rings. The molecule has 1 N–H and O–H groups in total. The van der Waals surface area contributed by atoms with Crippen molar-refractivity contribution in [1.82, 2.24) is 4.98 Å². The molecule has 3 aromatic rings. The van der Waals surface area contributed by atoms with Crippen molar-refractivity contribution >= 4 is 22.9 Å². The molecular formula is C22H24N2O2S. The van der Waals surface area contributed by atoms with Gasteiger partial charge in [0.2, 0.25) is 5.91 Å². The van der Waals surface area contributed by atoms with E-state index < -0.39 is 0 Å². The van der Waals surface area contributed by atoms with Gasteiger partial charge in [-0.1, -0.05) is 43.7 Å². The van der Waals surface area contributed by atoms with Crippen molar-refractivity contribution in [2.24, 2.45) is 0 Å². The van der Waals surface area contributed by atoms with E-state index in [1.807, 2.05) is 60.8 Å². The number of aromatic nitrogens is 1. The fraction of sp³-hybridized carbons (Fsp3) is 0.273. The Morgan fingerprint density at radius 3 is 2.48 bits per heavy atom. The smallest absolute Gasteiger partial charge is 0.230 e. The number of benzene rings is 2. The molecule has 0 saturated carbocycles. The molecule has 1 amide bonds.